The van der Waals surface area contributed by atoms with Crippen LogP contribution in [-0.2, 0) is 0 Å². The fourth-order valence-electron chi connectivity index (χ4n) is 0.979. The predicted octanol–water partition coefficient (Wildman–Crippen LogP) is 2.46. The van der Waals surface area contributed by atoms with E-state index in [0.29, 0.717) is 11.4 Å². The van der Waals surface area contributed by atoms with Crippen LogP contribution in [0.2, 0.25) is 0 Å². The van der Waals surface area contributed by atoms with E-state index < -0.39 is 0 Å². The van der Waals surface area contributed by atoms with Crippen LogP contribution in [0.3, 0.4) is 0 Å². The van der Waals surface area contributed by atoms with Crippen molar-refractivity contribution < 1.29 is 4.79 Å². The molecule has 0 fully saturated rings. The van der Waals surface area contributed by atoms with Crippen molar-refractivity contribution in [1.82, 2.24) is 9.97 Å². The third-order valence-corrected chi connectivity index (χ3v) is 3.13. The first-order valence-corrected chi connectivity index (χ1v) is 5.23. The van der Waals surface area contributed by atoms with Crippen LogP contribution in [0.1, 0.15) is 16.2 Å². The quantitative estimate of drug-likeness (QED) is 0.840. The Morgan fingerprint density at radius 3 is 3.00 bits per heavy atom. The Balaban J connectivity index is 2.39. The molecule has 0 saturated carbocycles. The topological polar surface area (TPSA) is 45.8 Å². The maximum atomic E-state index is 11.7. The van der Waals surface area contributed by atoms with Crippen molar-refractivity contribution in [3.8, 4) is 0 Å². The number of nitrogens with zero attached hydrogens (tertiary/aromatic N) is 1. The highest BCUT2D eigenvalue weighted by Crippen LogP contribution is 2.22. The lowest BCUT2D eigenvalue weighted by Gasteiger charge is -1.92. The van der Waals surface area contributed by atoms with Crippen LogP contribution in [-0.4, -0.2) is 15.8 Å². The van der Waals surface area contributed by atoms with Crippen molar-refractivity contribution in [2.75, 3.05) is 0 Å². The van der Waals surface area contributed by atoms with Crippen molar-refractivity contribution in [3.63, 3.8) is 0 Å². The molecule has 0 saturated heterocycles. The number of halogens is 1. The summed E-state index contributed by atoms with van der Waals surface area (Å²) < 4.78 is 0.770. The van der Waals surface area contributed by atoms with Gasteiger partial charge in [0.1, 0.15) is 9.48 Å². The van der Waals surface area contributed by atoms with Crippen LogP contribution in [0.5, 0.6) is 0 Å². The van der Waals surface area contributed by atoms with E-state index in [4.69, 9.17) is 0 Å². The van der Waals surface area contributed by atoms with Crippen molar-refractivity contribution >= 4 is 33.0 Å². The smallest absolute Gasteiger partial charge is 0.229 e. The van der Waals surface area contributed by atoms with Gasteiger partial charge in [-0.15, -0.1) is 11.3 Å². The maximum absolute atomic E-state index is 11.7. The molecular weight excluding hydrogens is 252 g/mol. The zero-order chi connectivity index (χ0) is 9.26. The molecule has 2 aromatic rings. The number of hydrogen-bond donors (Lipinski definition) is 1. The molecule has 13 heavy (non-hydrogen) atoms. The summed E-state index contributed by atoms with van der Waals surface area (Å²) in [6.45, 7) is 0. The Labute approximate surface area is 87.0 Å². The van der Waals surface area contributed by atoms with Gasteiger partial charge in [-0.25, -0.2) is 4.98 Å². The summed E-state index contributed by atoms with van der Waals surface area (Å²) in [6.07, 6.45) is 1.72. The van der Waals surface area contributed by atoms with Gasteiger partial charge in [-0.3, -0.25) is 4.79 Å². The Bertz CT molecular complexity index is 421. The van der Waals surface area contributed by atoms with Crippen LogP contribution in [0.15, 0.2) is 27.6 Å². The molecule has 0 aliphatic heterocycles. The molecule has 0 aliphatic rings. The third-order valence-electron chi connectivity index (χ3n) is 1.58. The summed E-state index contributed by atoms with van der Waals surface area (Å²) in [5.74, 6) is -0.0851. The summed E-state index contributed by atoms with van der Waals surface area (Å²) in [4.78, 5) is 18.5. The lowest BCUT2D eigenvalue weighted by molar-refractivity contribution is 0.103. The zero-order valence-electron chi connectivity index (χ0n) is 6.45. The van der Waals surface area contributed by atoms with Crippen LogP contribution < -0.4 is 0 Å². The molecule has 0 aromatic carbocycles. The third kappa shape index (κ3) is 1.57. The second-order valence-electron chi connectivity index (χ2n) is 2.39. The van der Waals surface area contributed by atoms with Gasteiger partial charge >= 0.3 is 0 Å². The minimum Gasteiger partial charge on any atom is -0.358 e. The summed E-state index contributed by atoms with van der Waals surface area (Å²) in [6, 6.07) is 3.52. The van der Waals surface area contributed by atoms with Gasteiger partial charge in [-0.1, -0.05) is 0 Å². The van der Waals surface area contributed by atoms with Crippen molar-refractivity contribution in [3.05, 3.63) is 39.0 Å². The molecule has 0 unspecified atom stereocenters. The number of carbonyl (C=O) groups is 1. The largest absolute Gasteiger partial charge is 0.358 e. The molecule has 2 rings (SSSR count). The van der Waals surface area contributed by atoms with E-state index in [1.165, 1.54) is 11.3 Å². The highest BCUT2D eigenvalue weighted by atomic mass is 79.9. The number of aromatic nitrogens is 2. The van der Waals surface area contributed by atoms with Gasteiger partial charge in [-0.05, 0) is 28.1 Å². The van der Waals surface area contributed by atoms with Gasteiger partial charge in [0.05, 0.1) is 11.2 Å². The summed E-state index contributed by atoms with van der Waals surface area (Å²) in [5, 5.41) is 0. The van der Waals surface area contributed by atoms with E-state index in [0.717, 1.165) is 3.79 Å². The highest BCUT2D eigenvalue weighted by molar-refractivity contribution is 9.11. The Morgan fingerprint density at radius 1 is 1.62 bits per heavy atom. The van der Waals surface area contributed by atoms with Gasteiger partial charge in [-0.2, -0.15) is 0 Å². The van der Waals surface area contributed by atoms with Crippen molar-refractivity contribution in [1.29, 1.82) is 0 Å². The van der Waals surface area contributed by atoms with Gasteiger partial charge in [0.15, 0.2) is 0 Å². The molecule has 2 aromatic heterocycles. The molecule has 1 N–H and O–H groups in total. The number of carbonyl (C=O) groups excluding carboxylic acids is 1. The molecule has 0 spiro atoms. The lowest BCUT2D eigenvalue weighted by atomic mass is 10.2. The second kappa shape index (κ2) is 3.43. The number of hydrogen-bond acceptors (Lipinski definition) is 3. The molecule has 3 nitrogen and oxygen atoms in total. The summed E-state index contributed by atoms with van der Waals surface area (Å²) in [7, 11) is 0. The van der Waals surface area contributed by atoms with Crippen LogP contribution in [0.25, 0.3) is 0 Å². The number of thiazole rings is 1. The SMILES string of the molecule is O=C(c1ccc[nH]1)c1ncsc1Br. The number of H-pyrrole nitrogens is 1. The van der Waals surface area contributed by atoms with E-state index in [9.17, 15) is 4.79 Å². The van der Waals surface area contributed by atoms with Gasteiger partial charge in [0.25, 0.3) is 0 Å². The van der Waals surface area contributed by atoms with Crippen molar-refractivity contribution in [2.24, 2.45) is 0 Å². The van der Waals surface area contributed by atoms with E-state index in [2.05, 4.69) is 25.9 Å². The van der Waals surface area contributed by atoms with Gasteiger partial charge in [0, 0.05) is 6.20 Å². The van der Waals surface area contributed by atoms with Crippen LogP contribution in [0.4, 0.5) is 0 Å². The summed E-state index contributed by atoms with van der Waals surface area (Å²) >= 11 is 4.67. The van der Waals surface area contributed by atoms with E-state index in [-0.39, 0.29) is 5.78 Å². The zero-order valence-corrected chi connectivity index (χ0v) is 8.85. The standard InChI is InChI=1S/C8H5BrN2OS/c9-8-6(11-4-13-8)7(12)5-2-1-3-10-5/h1-4,10H. The first-order chi connectivity index (χ1) is 6.29. The second-order valence-corrected chi connectivity index (χ2v) is 4.56. The monoisotopic (exact) mass is 256 g/mol. The predicted molar refractivity (Wildman–Crippen MR) is 54.0 cm³/mol. The highest BCUT2D eigenvalue weighted by Gasteiger charge is 2.15. The molecule has 2 heterocycles. The molecule has 0 radical (unpaired) electrons. The maximum Gasteiger partial charge on any atom is 0.229 e. The Kier molecular flexibility index (Phi) is 2.28. The molecule has 66 valence electrons. The number of aromatic amines is 1. The number of ketones is 1. The number of nitrogens with one attached hydrogen (secondary N) is 1. The Hall–Kier alpha value is -0.940. The first kappa shape index (κ1) is 8.65. The van der Waals surface area contributed by atoms with Crippen LogP contribution in [0, 0.1) is 0 Å². The van der Waals surface area contributed by atoms with E-state index in [1.807, 2.05) is 0 Å². The average molecular weight is 257 g/mol. The molecule has 0 aliphatic carbocycles. The fourth-order valence-corrected chi connectivity index (χ4v) is 2.02. The van der Waals surface area contributed by atoms with Gasteiger partial charge < -0.3 is 4.98 Å². The molecule has 0 atom stereocenters. The van der Waals surface area contributed by atoms with E-state index >= 15 is 0 Å². The number of rotatable bonds is 2. The van der Waals surface area contributed by atoms with Crippen LogP contribution >= 0.6 is 27.3 Å². The normalized spacial score (nSPS) is 10.2. The fraction of sp³-hybridized carbons (Fsp3) is 0. The first-order valence-electron chi connectivity index (χ1n) is 3.56. The molecule has 5 heteroatoms. The summed E-state index contributed by atoms with van der Waals surface area (Å²) in [5.41, 5.74) is 2.67. The van der Waals surface area contributed by atoms with E-state index in [1.54, 1.807) is 23.8 Å². The Morgan fingerprint density at radius 2 is 2.46 bits per heavy atom. The van der Waals surface area contributed by atoms with Crippen molar-refractivity contribution in [2.45, 2.75) is 0 Å². The molecule has 0 bridgehead atoms. The average Bonchev–Trinajstić information content (AvgIpc) is 2.72. The lowest BCUT2D eigenvalue weighted by Crippen LogP contribution is -2.02. The molecule has 0 amide bonds. The van der Waals surface area contributed by atoms with Gasteiger partial charge in [0.2, 0.25) is 5.78 Å². The minimum absolute atomic E-state index is 0.0851. The minimum atomic E-state index is -0.0851. The molecular formula is C8H5BrN2OS.